The summed E-state index contributed by atoms with van der Waals surface area (Å²) < 4.78 is 11.0. The fourth-order valence-corrected chi connectivity index (χ4v) is 1.66. The molecule has 1 aliphatic heterocycles. The number of benzene rings is 1. The maximum atomic E-state index is 5.80. The molecular formula is C13H17NO2. The molecule has 0 saturated heterocycles. The summed E-state index contributed by atoms with van der Waals surface area (Å²) in [6.45, 7) is 2.01. The van der Waals surface area contributed by atoms with Crippen LogP contribution in [0.25, 0.3) is 0 Å². The Hall–Kier alpha value is -1.48. The van der Waals surface area contributed by atoms with E-state index in [1.54, 1.807) is 7.11 Å². The molecule has 2 rings (SSSR count). The van der Waals surface area contributed by atoms with E-state index < -0.39 is 0 Å². The lowest BCUT2D eigenvalue weighted by atomic mass is 10.2. The zero-order valence-corrected chi connectivity index (χ0v) is 9.77. The van der Waals surface area contributed by atoms with E-state index in [1.165, 1.54) is 0 Å². The molecule has 1 aromatic rings. The molecule has 0 bridgehead atoms. The summed E-state index contributed by atoms with van der Waals surface area (Å²) in [7, 11) is 3.77. The minimum Gasteiger partial charge on any atom is -0.497 e. The minimum absolute atomic E-state index is 0.825. The quantitative estimate of drug-likeness (QED) is 0.778. The summed E-state index contributed by atoms with van der Waals surface area (Å²) in [5.41, 5.74) is 0. The van der Waals surface area contributed by atoms with Crippen LogP contribution in [0, 0.1) is 0 Å². The van der Waals surface area contributed by atoms with Crippen LogP contribution in [0.4, 0.5) is 0 Å². The summed E-state index contributed by atoms with van der Waals surface area (Å²) >= 11 is 0. The second-order valence-corrected chi connectivity index (χ2v) is 3.96. The molecule has 0 spiro atoms. The molecule has 86 valence electrons. The molecule has 1 aliphatic rings. The number of hydrogen-bond acceptors (Lipinski definition) is 3. The standard InChI is InChI=1S/C13H17NO2/c1-14-8-6-11(7-9-14)16-13-5-3-4-12(10-13)15-2/h3-6,10H,7-9H2,1-2H3. The molecule has 0 atom stereocenters. The molecule has 16 heavy (non-hydrogen) atoms. The molecule has 1 aromatic carbocycles. The summed E-state index contributed by atoms with van der Waals surface area (Å²) in [5, 5.41) is 0. The minimum atomic E-state index is 0.825. The lowest BCUT2D eigenvalue weighted by molar-refractivity contribution is 0.302. The Balaban J connectivity index is 2.03. The Morgan fingerprint density at radius 2 is 2.06 bits per heavy atom. The van der Waals surface area contributed by atoms with Crippen LogP contribution in [0.1, 0.15) is 6.42 Å². The van der Waals surface area contributed by atoms with E-state index in [9.17, 15) is 0 Å². The van der Waals surface area contributed by atoms with E-state index in [1.807, 2.05) is 24.3 Å². The van der Waals surface area contributed by atoms with Crippen molar-refractivity contribution < 1.29 is 9.47 Å². The first kappa shape index (κ1) is 11.0. The molecule has 0 unspecified atom stereocenters. The van der Waals surface area contributed by atoms with Crippen molar-refractivity contribution in [2.75, 3.05) is 27.2 Å². The number of nitrogens with zero attached hydrogens (tertiary/aromatic N) is 1. The summed E-state index contributed by atoms with van der Waals surface area (Å²) in [5.74, 6) is 2.72. The Bertz CT molecular complexity index is 387. The van der Waals surface area contributed by atoms with Crippen LogP contribution in [0.5, 0.6) is 11.5 Å². The highest BCUT2D eigenvalue weighted by Crippen LogP contribution is 2.22. The van der Waals surface area contributed by atoms with Crippen LogP contribution < -0.4 is 9.47 Å². The van der Waals surface area contributed by atoms with Crippen molar-refractivity contribution in [2.45, 2.75) is 6.42 Å². The first-order chi connectivity index (χ1) is 7.78. The van der Waals surface area contributed by atoms with Crippen molar-refractivity contribution in [2.24, 2.45) is 0 Å². The van der Waals surface area contributed by atoms with Gasteiger partial charge in [-0.25, -0.2) is 0 Å². The van der Waals surface area contributed by atoms with Gasteiger partial charge in [0.2, 0.25) is 0 Å². The number of hydrogen-bond donors (Lipinski definition) is 0. The molecule has 0 fully saturated rings. The third-order valence-electron chi connectivity index (χ3n) is 2.66. The van der Waals surface area contributed by atoms with Crippen LogP contribution in [0.2, 0.25) is 0 Å². The maximum Gasteiger partial charge on any atom is 0.130 e. The number of likely N-dealkylation sites (N-methyl/N-ethyl adjacent to an activating group) is 1. The largest absolute Gasteiger partial charge is 0.497 e. The van der Waals surface area contributed by atoms with Crippen LogP contribution >= 0.6 is 0 Å². The van der Waals surface area contributed by atoms with E-state index in [4.69, 9.17) is 9.47 Å². The fourth-order valence-electron chi connectivity index (χ4n) is 1.66. The van der Waals surface area contributed by atoms with Gasteiger partial charge in [-0.1, -0.05) is 6.07 Å². The average molecular weight is 219 g/mol. The number of ether oxygens (including phenoxy) is 2. The highest BCUT2D eigenvalue weighted by molar-refractivity contribution is 5.34. The first-order valence-electron chi connectivity index (χ1n) is 5.47. The Kier molecular flexibility index (Phi) is 3.47. The van der Waals surface area contributed by atoms with Gasteiger partial charge >= 0.3 is 0 Å². The molecule has 3 nitrogen and oxygen atoms in total. The second-order valence-electron chi connectivity index (χ2n) is 3.96. The average Bonchev–Trinajstić information content (AvgIpc) is 2.32. The van der Waals surface area contributed by atoms with Crippen molar-refractivity contribution >= 4 is 0 Å². The molecule has 0 aromatic heterocycles. The zero-order chi connectivity index (χ0) is 11.4. The Morgan fingerprint density at radius 3 is 2.75 bits per heavy atom. The van der Waals surface area contributed by atoms with Crippen LogP contribution in [0.3, 0.4) is 0 Å². The van der Waals surface area contributed by atoms with Gasteiger partial charge in [-0.05, 0) is 25.3 Å². The fraction of sp³-hybridized carbons (Fsp3) is 0.385. The van der Waals surface area contributed by atoms with Gasteiger partial charge in [0.15, 0.2) is 0 Å². The first-order valence-corrected chi connectivity index (χ1v) is 5.47. The lowest BCUT2D eigenvalue weighted by Gasteiger charge is -2.21. The monoisotopic (exact) mass is 219 g/mol. The Morgan fingerprint density at radius 1 is 1.25 bits per heavy atom. The van der Waals surface area contributed by atoms with Gasteiger partial charge in [-0.2, -0.15) is 0 Å². The number of methoxy groups -OCH3 is 1. The van der Waals surface area contributed by atoms with E-state index in [2.05, 4.69) is 18.0 Å². The smallest absolute Gasteiger partial charge is 0.130 e. The predicted molar refractivity (Wildman–Crippen MR) is 63.8 cm³/mol. The van der Waals surface area contributed by atoms with Crippen molar-refractivity contribution in [3.05, 3.63) is 36.1 Å². The molecule has 0 radical (unpaired) electrons. The molecule has 0 aliphatic carbocycles. The summed E-state index contributed by atoms with van der Waals surface area (Å²) in [4.78, 5) is 2.26. The van der Waals surface area contributed by atoms with Crippen molar-refractivity contribution in [1.82, 2.24) is 4.90 Å². The molecular weight excluding hydrogens is 202 g/mol. The molecule has 1 heterocycles. The van der Waals surface area contributed by atoms with E-state index in [0.29, 0.717) is 0 Å². The van der Waals surface area contributed by atoms with Gasteiger partial charge in [0.05, 0.1) is 7.11 Å². The second kappa shape index (κ2) is 5.03. The zero-order valence-electron chi connectivity index (χ0n) is 9.77. The third-order valence-corrected chi connectivity index (χ3v) is 2.66. The predicted octanol–water partition coefficient (Wildman–Crippen LogP) is 2.29. The molecule has 3 heteroatoms. The summed E-state index contributed by atoms with van der Waals surface area (Å²) in [6, 6.07) is 7.69. The molecule has 0 saturated carbocycles. The normalized spacial score (nSPS) is 16.8. The highest BCUT2D eigenvalue weighted by Gasteiger charge is 2.09. The lowest BCUT2D eigenvalue weighted by Crippen LogP contribution is -2.25. The van der Waals surface area contributed by atoms with Crippen LogP contribution in [-0.4, -0.2) is 32.1 Å². The third kappa shape index (κ3) is 2.76. The van der Waals surface area contributed by atoms with Crippen molar-refractivity contribution in [1.29, 1.82) is 0 Å². The Labute approximate surface area is 96.3 Å². The van der Waals surface area contributed by atoms with Gasteiger partial charge < -0.3 is 14.4 Å². The summed E-state index contributed by atoms with van der Waals surface area (Å²) in [6.07, 6.45) is 3.09. The van der Waals surface area contributed by atoms with Gasteiger partial charge in [-0.3, -0.25) is 0 Å². The van der Waals surface area contributed by atoms with Gasteiger partial charge in [0, 0.05) is 25.6 Å². The number of rotatable bonds is 3. The van der Waals surface area contributed by atoms with Gasteiger partial charge in [0.25, 0.3) is 0 Å². The van der Waals surface area contributed by atoms with E-state index in [0.717, 1.165) is 36.8 Å². The van der Waals surface area contributed by atoms with Crippen molar-refractivity contribution in [3.63, 3.8) is 0 Å². The van der Waals surface area contributed by atoms with Gasteiger partial charge in [-0.15, -0.1) is 0 Å². The van der Waals surface area contributed by atoms with E-state index in [-0.39, 0.29) is 0 Å². The maximum absolute atomic E-state index is 5.80. The van der Waals surface area contributed by atoms with Gasteiger partial charge in [0.1, 0.15) is 17.3 Å². The van der Waals surface area contributed by atoms with Crippen molar-refractivity contribution in [3.8, 4) is 11.5 Å². The van der Waals surface area contributed by atoms with Crippen LogP contribution in [-0.2, 0) is 0 Å². The highest BCUT2D eigenvalue weighted by atomic mass is 16.5. The van der Waals surface area contributed by atoms with E-state index >= 15 is 0 Å². The molecule has 0 N–H and O–H groups in total. The topological polar surface area (TPSA) is 21.7 Å². The molecule has 0 amide bonds. The van der Waals surface area contributed by atoms with Crippen LogP contribution in [0.15, 0.2) is 36.1 Å². The SMILES string of the molecule is COc1cccc(OC2=CCN(C)CC2)c1.